The van der Waals surface area contributed by atoms with Gasteiger partial charge in [-0.3, -0.25) is 4.79 Å². The third-order valence-corrected chi connectivity index (χ3v) is 5.87. The second kappa shape index (κ2) is 9.71. The summed E-state index contributed by atoms with van der Waals surface area (Å²) in [5.41, 5.74) is 3.53. The maximum absolute atomic E-state index is 13.5. The summed E-state index contributed by atoms with van der Waals surface area (Å²) in [5, 5.41) is 0.632. The lowest BCUT2D eigenvalue weighted by Gasteiger charge is -2.36. The smallest absolute Gasteiger partial charge is 0.254 e. The lowest BCUT2D eigenvalue weighted by molar-refractivity contribution is -0.125. The summed E-state index contributed by atoms with van der Waals surface area (Å²) < 4.78 is 5.24. The molecule has 5 heteroatoms. The van der Waals surface area contributed by atoms with Gasteiger partial charge >= 0.3 is 0 Å². The Morgan fingerprint density at radius 1 is 0.871 bits per heavy atom. The van der Waals surface area contributed by atoms with Crippen LogP contribution < -0.4 is 9.64 Å². The van der Waals surface area contributed by atoms with Gasteiger partial charge in [0.1, 0.15) is 5.75 Å². The van der Waals surface area contributed by atoms with E-state index in [0.29, 0.717) is 23.7 Å². The standard InChI is InChI=1S/C26H25ClN2O2/c1-31-23-13-11-22(12-14-23)28-15-17-29(18-16-28)26(30)24(20-7-3-2-4-8-20)19-21-9-5-6-10-25(21)27/h2-14,19H,15-18H2,1H3/b24-19+. The van der Waals surface area contributed by atoms with Gasteiger partial charge in [-0.15, -0.1) is 0 Å². The van der Waals surface area contributed by atoms with Crippen LogP contribution in [0.5, 0.6) is 5.75 Å². The third-order valence-electron chi connectivity index (χ3n) is 5.52. The van der Waals surface area contributed by atoms with Gasteiger partial charge in [-0.2, -0.15) is 0 Å². The van der Waals surface area contributed by atoms with Gasteiger partial charge in [0.2, 0.25) is 0 Å². The Kier molecular flexibility index (Phi) is 6.58. The maximum atomic E-state index is 13.5. The molecule has 1 saturated heterocycles. The molecule has 0 N–H and O–H groups in total. The van der Waals surface area contributed by atoms with E-state index in [2.05, 4.69) is 17.0 Å². The minimum absolute atomic E-state index is 0.0282. The molecule has 1 amide bonds. The minimum atomic E-state index is 0.0282. The fraction of sp³-hybridized carbons (Fsp3) is 0.192. The molecule has 1 fully saturated rings. The van der Waals surface area contributed by atoms with Crippen LogP contribution in [0.4, 0.5) is 5.69 Å². The molecule has 0 aliphatic carbocycles. The number of amides is 1. The zero-order valence-corrected chi connectivity index (χ0v) is 18.3. The first-order valence-electron chi connectivity index (χ1n) is 10.4. The molecule has 3 aromatic carbocycles. The summed E-state index contributed by atoms with van der Waals surface area (Å²) >= 11 is 6.37. The van der Waals surface area contributed by atoms with Crippen molar-refractivity contribution in [2.75, 3.05) is 38.2 Å². The van der Waals surface area contributed by atoms with Crippen molar-refractivity contribution < 1.29 is 9.53 Å². The largest absolute Gasteiger partial charge is 0.497 e. The normalized spacial score (nSPS) is 14.5. The van der Waals surface area contributed by atoms with Crippen molar-refractivity contribution >= 4 is 34.8 Å². The topological polar surface area (TPSA) is 32.8 Å². The number of benzene rings is 3. The average Bonchev–Trinajstić information content (AvgIpc) is 2.84. The van der Waals surface area contributed by atoms with Crippen molar-refractivity contribution in [1.29, 1.82) is 0 Å². The van der Waals surface area contributed by atoms with Crippen LogP contribution in [-0.4, -0.2) is 44.1 Å². The number of carbonyl (C=O) groups excluding carboxylic acids is 1. The molecule has 0 unspecified atom stereocenters. The molecule has 31 heavy (non-hydrogen) atoms. The zero-order valence-electron chi connectivity index (χ0n) is 17.5. The van der Waals surface area contributed by atoms with Crippen molar-refractivity contribution in [1.82, 2.24) is 4.90 Å². The van der Waals surface area contributed by atoms with E-state index in [0.717, 1.165) is 35.7 Å². The molecular weight excluding hydrogens is 408 g/mol. The Morgan fingerprint density at radius 2 is 1.52 bits per heavy atom. The minimum Gasteiger partial charge on any atom is -0.497 e. The first kappa shape index (κ1) is 21.0. The molecule has 4 nitrogen and oxygen atoms in total. The first-order chi connectivity index (χ1) is 15.2. The Hall–Kier alpha value is -3.24. The molecule has 0 aromatic heterocycles. The van der Waals surface area contributed by atoms with Crippen LogP contribution in [0.2, 0.25) is 5.02 Å². The number of ether oxygens (including phenoxy) is 1. The van der Waals surface area contributed by atoms with E-state index in [4.69, 9.17) is 16.3 Å². The summed E-state index contributed by atoms with van der Waals surface area (Å²) in [4.78, 5) is 17.7. The Balaban J connectivity index is 1.53. The number of anilines is 1. The average molecular weight is 433 g/mol. The van der Waals surface area contributed by atoms with E-state index >= 15 is 0 Å². The van der Waals surface area contributed by atoms with E-state index in [1.807, 2.05) is 77.7 Å². The number of piperazine rings is 1. The predicted octanol–water partition coefficient (Wildman–Crippen LogP) is 5.24. The van der Waals surface area contributed by atoms with E-state index in [-0.39, 0.29) is 5.91 Å². The van der Waals surface area contributed by atoms with Gasteiger partial charge in [0, 0.05) is 42.5 Å². The van der Waals surface area contributed by atoms with Gasteiger partial charge in [0.15, 0.2) is 0 Å². The van der Waals surface area contributed by atoms with Crippen LogP contribution >= 0.6 is 11.6 Å². The van der Waals surface area contributed by atoms with Crippen molar-refractivity contribution in [3.63, 3.8) is 0 Å². The fourth-order valence-corrected chi connectivity index (χ4v) is 3.96. The zero-order chi connectivity index (χ0) is 21.6. The van der Waals surface area contributed by atoms with E-state index in [1.54, 1.807) is 7.11 Å². The molecule has 158 valence electrons. The van der Waals surface area contributed by atoms with Crippen LogP contribution in [0.15, 0.2) is 78.9 Å². The highest BCUT2D eigenvalue weighted by atomic mass is 35.5. The molecule has 0 spiro atoms. The van der Waals surface area contributed by atoms with Crippen LogP contribution in [0.25, 0.3) is 11.6 Å². The molecule has 0 saturated carbocycles. The van der Waals surface area contributed by atoms with Crippen LogP contribution in [0.1, 0.15) is 11.1 Å². The second-order valence-corrected chi connectivity index (χ2v) is 7.83. The maximum Gasteiger partial charge on any atom is 0.254 e. The Labute approximate surface area is 188 Å². The number of halogens is 1. The molecule has 0 radical (unpaired) electrons. The number of hydrogen-bond donors (Lipinski definition) is 0. The lowest BCUT2D eigenvalue weighted by Crippen LogP contribution is -2.49. The summed E-state index contributed by atoms with van der Waals surface area (Å²) in [5.74, 6) is 0.871. The van der Waals surface area contributed by atoms with Crippen molar-refractivity contribution in [3.05, 3.63) is 95.0 Å². The Bertz CT molecular complexity index is 1060. The van der Waals surface area contributed by atoms with Crippen molar-refractivity contribution in [2.45, 2.75) is 0 Å². The molecule has 0 atom stereocenters. The SMILES string of the molecule is COc1ccc(N2CCN(C(=O)/C(=C/c3ccccc3Cl)c3ccccc3)CC2)cc1. The number of rotatable bonds is 5. The summed E-state index contributed by atoms with van der Waals surface area (Å²) in [6, 6.07) is 25.4. The van der Waals surface area contributed by atoms with Gasteiger partial charge in [-0.1, -0.05) is 60.1 Å². The molecule has 1 heterocycles. The highest BCUT2D eigenvalue weighted by Crippen LogP contribution is 2.26. The highest BCUT2D eigenvalue weighted by molar-refractivity contribution is 6.33. The van der Waals surface area contributed by atoms with Crippen molar-refractivity contribution in [2.24, 2.45) is 0 Å². The lowest BCUT2D eigenvalue weighted by atomic mass is 10.0. The third kappa shape index (κ3) is 4.92. The number of nitrogens with zero attached hydrogens (tertiary/aromatic N) is 2. The highest BCUT2D eigenvalue weighted by Gasteiger charge is 2.24. The molecule has 4 rings (SSSR count). The summed E-state index contributed by atoms with van der Waals surface area (Å²) in [6.45, 7) is 2.90. The van der Waals surface area contributed by atoms with Gasteiger partial charge in [-0.25, -0.2) is 0 Å². The monoisotopic (exact) mass is 432 g/mol. The second-order valence-electron chi connectivity index (χ2n) is 7.42. The van der Waals surface area contributed by atoms with E-state index < -0.39 is 0 Å². The molecular formula is C26H25ClN2O2. The molecule has 0 bridgehead atoms. The van der Waals surface area contributed by atoms with Crippen LogP contribution in [-0.2, 0) is 4.79 Å². The van der Waals surface area contributed by atoms with Crippen LogP contribution in [0.3, 0.4) is 0 Å². The quantitative estimate of drug-likeness (QED) is 0.408. The summed E-state index contributed by atoms with van der Waals surface area (Å²) in [7, 11) is 1.67. The van der Waals surface area contributed by atoms with Gasteiger partial charge in [-0.05, 0) is 47.5 Å². The molecule has 3 aromatic rings. The summed E-state index contributed by atoms with van der Waals surface area (Å²) in [6.07, 6.45) is 1.90. The predicted molar refractivity (Wildman–Crippen MR) is 128 cm³/mol. The van der Waals surface area contributed by atoms with Crippen LogP contribution in [0, 0.1) is 0 Å². The van der Waals surface area contributed by atoms with Gasteiger partial charge < -0.3 is 14.5 Å². The van der Waals surface area contributed by atoms with Gasteiger partial charge in [0.05, 0.1) is 7.11 Å². The van der Waals surface area contributed by atoms with Gasteiger partial charge in [0.25, 0.3) is 5.91 Å². The first-order valence-corrected chi connectivity index (χ1v) is 10.7. The fourth-order valence-electron chi connectivity index (χ4n) is 3.77. The number of carbonyl (C=O) groups is 1. The van der Waals surface area contributed by atoms with Crippen molar-refractivity contribution in [3.8, 4) is 5.75 Å². The number of methoxy groups -OCH3 is 1. The van der Waals surface area contributed by atoms with E-state index in [1.165, 1.54) is 0 Å². The molecule has 1 aliphatic rings. The Morgan fingerprint density at radius 3 is 2.16 bits per heavy atom. The molecule has 1 aliphatic heterocycles. The number of hydrogen-bond acceptors (Lipinski definition) is 3. The van der Waals surface area contributed by atoms with E-state index in [9.17, 15) is 4.79 Å².